The van der Waals surface area contributed by atoms with Gasteiger partial charge in [0.25, 0.3) is 0 Å². The van der Waals surface area contributed by atoms with Gasteiger partial charge in [-0.3, -0.25) is 0 Å². The molecule has 0 aliphatic rings. The Balaban J connectivity index is 2.55. The van der Waals surface area contributed by atoms with Crippen LogP contribution in [0.4, 0.5) is 5.69 Å². The van der Waals surface area contributed by atoms with Gasteiger partial charge in [-0.15, -0.1) is 0 Å². The van der Waals surface area contributed by atoms with Crippen molar-refractivity contribution in [1.82, 2.24) is 4.90 Å². The fraction of sp³-hybridized carbons (Fsp3) is 0.667. The van der Waals surface area contributed by atoms with Crippen LogP contribution in [0.25, 0.3) is 0 Å². The van der Waals surface area contributed by atoms with Gasteiger partial charge in [0.1, 0.15) is 0 Å². The van der Waals surface area contributed by atoms with E-state index in [1.54, 1.807) is 0 Å². The van der Waals surface area contributed by atoms with Crippen molar-refractivity contribution >= 4 is 5.69 Å². The molecular formula is C18H33N3. The molecule has 0 radical (unpaired) electrons. The van der Waals surface area contributed by atoms with E-state index >= 15 is 0 Å². The van der Waals surface area contributed by atoms with Gasteiger partial charge >= 0.3 is 0 Å². The lowest BCUT2D eigenvalue weighted by atomic mass is 10.1. The summed E-state index contributed by atoms with van der Waals surface area (Å²) in [7, 11) is 0. The van der Waals surface area contributed by atoms with E-state index in [9.17, 15) is 0 Å². The van der Waals surface area contributed by atoms with Crippen LogP contribution in [0.5, 0.6) is 0 Å². The van der Waals surface area contributed by atoms with Crippen molar-refractivity contribution in [2.75, 3.05) is 37.6 Å². The van der Waals surface area contributed by atoms with Crippen molar-refractivity contribution in [3.63, 3.8) is 0 Å². The van der Waals surface area contributed by atoms with Gasteiger partial charge in [-0.05, 0) is 57.1 Å². The van der Waals surface area contributed by atoms with Crippen molar-refractivity contribution in [1.29, 1.82) is 0 Å². The fourth-order valence-electron chi connectivity index (χ4n) is 2.66. The topological polar surface area (TPSA) is 32.5 Å². The first-order valence-corrected chi connectivity index (χ1v) is 8.48. The van der Waals surface area contributed by atoms with Crippen LogP contribution >= 0.6 is 0 Å². The molecule has 3 nitrogen and oxygen atoms in total. The van der Waals surface area contributed by atoms with Crippen molar-refractivity contribution < 1.29 is 0 Å². The molecule has 1 rings (SSSR count). The summed E-state index contributed by atoms with van der Waals surface area (Å²) in [6, 6.07) is 8.95. The molecule has 0 aromatic heterocycles. The molecule has 1 atom stereocenters. The second-order valence-corrected chi connectivity index (χ2v) is 5.57. The lowest BCUT2D eigenvalue weighted by Crippen LogP contribution is -2.30. The summed E-state index contributed by atoms with van der Waals surface area (Å²) >= 11 is 0. The Kier molecular flexibility index (Phi) is 8.40. The molecule has 1 aromatic rings. The van der Waals surface area contributed by atoms with Crippen molar-refractivity contribution in [3.8, 4) is 0 Å². The van der Waals surface area contributed by atoms with Gasteiger partial charge in [-0.1, -0.05) is 32.9 Å². The number of nitrogens with two attached hydrogens (primary N) is 1. The fourth-order valence-corrected chi connectivity index (χ4v) is 2.66. The summed E-state index contributed by atoms with van der Waals surface area (Å²) in [6.07, 6.45) is 2.20. The smallest absolute Gasteiger partial charge is 0.0366 e. The highest BCUT2D eigenvalue weighted by atomic mass is 15.1. The van der Waals surface area contributed by atoms with E-state index in [1.165, 1.54) is 24.2 Å². The number of benzene rings is 1. The highest BCUT2D eigenvalue weighted by Crippen LogP contribution is 2.20. The molecular weight excluding hydrogens is 258 g/mol. The Hall–Kier alpha value is -1.06. The van der Waals surface area contributed by atoms with E-state index in [4.69, 9.17) is 5.73 Å². The number of hydrogen-bond acceptors (Lipinski definition) is 3. The number of nitrogens with zero attached hydrogens (tertiary/aromatic N) is 2. The third kappa shape index (κ3) is 5.68. The molecule has 0 amide bonds. The maximum absolute atomic E-state index is 6.08. The Morgan fingerprint density at radius 3 is 2.00 bits per heavy atom. The van der Waals surface area contributed by atoms with Gasteiger partial charge in [0.05, 0.1) is 0 Å². The summed E-state index contributed by atoms with van der Waals surface area (Å²) in [4.78, 5) is 4.93. The Bertz CT molecular complexity index is 371. The standard InChI is InChI=1S/C18H33N3/c1-5-18(19)16-10-12-17(13-11-16)21(8-4)15-9-14-20(6-2)7-3/h10-13,18H,5-9,14-15,19H2,1-4H3/t18-/m0/s1. The van der Waals surface area contributed by atoms with Crippen LogP contribution in [0.3, 0.4) is 0 Å². The van der Waals surface area contributed by atoms with Gasteiger partial charge in [0, 0.05) is 24.8 Å². The summed E-state index contributed by atoms with van der Waals surface area (Å²) in [5, 5.41) is 0. The molecule has 0 spiro atoms. The predicted octanol–water partition coefficient (Wildman–Crippen LogP) is 3.65. The SMILES string of the molecule is CC[C@H](N)c1ccc(N(CC)CCCN(CC)CC)cc1. The van der Waals surface area contributed by atoms with E-state index in [0.29, 0.717) is 0 Å². The van der Waals surface area contributed by atoms with E-state index in [-0.39, 0.29) is 6.04 Å². The number of anilines is 1. The zero-order chi connectivity index (χ0) is 15.7. The van der Waals surface area contributed by atoms with Gasteiger partial charge in [0.2, 0.25) is 0 Å². The molecule has 0 saturated carbocycles. The maximum atomic E-state index is 6.08. The zero-order valence-corrected chi connectivity index (χ0v) is 14.3. The van der Waals surface area contributed by atoms with Gasteiger partial charge < -0.3 is 15.5 Å². The first kappa shape index (κ1) is 18.0. The summed E-state index contributed by atoms with van der Waals surface area (Å²) in [6.45, 7) is 14.5. The lowest BCUT2D eigenvalue weighted by molar-refractivity contribution is 0.301. The molecule has 0 heterocycles. The van der Waals surface area contributed by atoms with E-state index in [1.807, 2.05) is 0 Å². The van der Waals surface area contributed by atoms with Crippen molar-refractivity contribution in [2.45, 2.75) is 46.6 Å². The first-order chi connectivity index (χ1) is 10.2. The Morgan fingerprint density at radius 2 is 1.52 bits per heavy atom. The molecule has 0 bridgehead atoms. The van der Waals surface area contributed by atoms with Crippen molar-refractivity contribution in [2.24, 2.45) is 5.73 Å². The average Bonchev–Trinajstić information content (AvgIpc) is 2.55. The summed E-state index contributed by atoms with van der Waals surface area (Å²) < 4.78 is 0. The van der Waals surface area contributed by atoms with Gasteiger partial charge in [-0.25, -0.2) is 0 Å². The quantitative estimate of drug-likeness (QED) is 0.714. The minimum Gasteiger partial charge on any atom is -0.372 e. The highest BCUT2D eigenvalue weighted by Gasteiger charge is 2.07. The maximum Gasteiger partial charge on any atom is 0.0366 e. The monoisotopic (exact) mass is 291 g/mol. The van der Waals surface area contributed by atoms with E-state index in [0.717, 1.165) is 32.6 Å². The van der Waals surface area contributed by atoms with Gasteiger partial charge in [0.15, 0.2) is 0 Å². The van der Waals surface area contributed by atoms with Crippen LogP contribution in [-0.2, 0) is 0 Å². The van der Waals surface area contributed by atoms with Crippen LogP contribution in [0.2, 0.25) is 0 Å². The molecule has 0 aliphatic carbocycles. The van der Waals surface area contributed by atoms with Crippen LogP contribution < -0.4 is 10.6 Å². The van der Waals surface area contributed by atoms with E-state index < -0.39 is 0 Å². The van der Waals surface area contributed by atoms with Crippen molar-refractivity contribution in [3.05, 3.63) is 29.8 Å². The Labute approximate surface area is 131 Å². The molecule has 0 unspecified atom stereocenters. The highest BCUT2D eigenvalue weighted by molar-refractivity contribution is 5.47. The largest absolute Gasteiger partial charge is 0.372 e. The number of rotatable bonds is 10. The number of hydrogen-bond donors (Lipinski definition) is 1. The molecule has 1 aromatic carbocycles. The third-order valence-electron chi connectivity index (χ3n) is 4.30. The molecule has 2 N–H and O–H groups in total. The van der Waals surface area contributed by atoms with E-state index in [2.05, 4.69) is 61.8 Å². The molecule has 3 heteroatoms. The third-order valence-corrected chi connectivity index (χ3v) is 4.30. The summed E-state index contributed by atoms with van der Waals surface area (Å²) in [5.74, 6) is 0. The van der Waals surface area contributed by atoms with Crippen LogP contribution in [0.1, 0.15) is 52.1 Å². The molecule has 0 aliphatic heterocycles. The lowest BCUT2D eigenvalue weighted by Gasteiger charge is -2.25. The van der Waals surface area contributed by atoms with Crippen LogP contribution in [0, 0.1) is 0 Å². The van der Waals surface area contributed by atoms with Crippen LogP contribution in [-0.4, -0.2) is 37.6 Å². The van der Waals surface area contributed by atoms with Crippen LogP contribution in [0.15, 0.2) is 24.3 Å². The second kappa shape index (κ2) is 9.80. The van der Waals surface area contributed by atoms with Gasteiger partial charge in [-0.2, -0.15) is 0 Å². The second-order valence-electron chi connectivity index (χ2n) is 5.57. The molecule has 0 fully saturated rings. The normalized spacial score (nSPS) is 12.7. The molecule has 21 heavy (non-hydrogen) atoms. The Morgan fingerprint density at radius 1 is 0.905 bits per heavy atom. The average molecular weight is 291 g/mol. The minimum atomic E-state index is 0.164. The first-order valence-electron chi connectivity index (χ1n) is 8.48. The zero-order valence-electron chi connectivity index (χ0n) is 14.3. The molecule has 120 valence electrons. The molecule has 0 saturated heterocycles. The summed E-state index contributed by atoms with van der Waals surface area (Å²) in [5.41, 5.74) is 8.62. The minimum absolute atomic E-state index is 0.164. The predicted molar refractivity (Wildman–Crippen MR) is 94.0 cm³/mol.